The predicted molar refractivity (Wildman–Crippen MR) is 148 cm³/mol. The van der Waals surface area contributed by atoms with Gasteiger partial charge < -0.3 is 40.8 Å². The molecule has 0 bridgehead atoms. The molecule has 2 aromatic carbocycles. The fourth-order valence-corrected chi connectivity index (χ4v) is 5.18. The second-order valence-corrected chi connectivity index (χ2v) is 10.8. The van der Waals surface area contributed by atoms with Gasteiger partial charge in [-0.05, 0) is 73.8 Å². The maximum atomic E-state index is 12.8. The van der Waals surface area contributed by atoms with Gasteiger partial charge in [-0.1, -0.05) is 5.16 Å². The number of benzene rings is 2. The number of nitrogens with one attached hydrogen (secondary N) is 2. The summed E-state index contributed by atoms with van der Waals surface area (Å²) in [6.07, 6.45) is -5.78. The van der Waals surface area contributed by atoms with Gasteiger partial charge in [0.15, 0.2) is 11.8 Å². The molecule has 1 aliphatic heterocycles. The average Bonchev–Trinajstić information content (AvgIpc) is 2.94. The second-order valence-electron chi connectivity index (χ2n) is 9.06. The van der Waals surface area contributed by atoms with E-state index in [0.717, 1.165) is 4.90 Å². The van der Waals surface area contributed by atoms with Gasteiger partial charge in [-0.15, -0.1) is 0 Å². The number of likely N-dealkylation sites (tertiary alicyclic amines) is 1. The van der Waals surface area contributed by atoms with E-state index in [2.05, 4.69) is 42.3 Å². The van der Waals surface area contributed by atoms with Gasteiger partial charge in [0.05, 0.1) is 22.1 Å². The summed E-state index contributed by atoms with van der Waals surface area (Å²) >= 11 is 6.21. The first kappa shape index (κ1) is 34.1. The molecule has 19 heteroatoms. The number of amides is 3. The van der Waals surface area contributed by atoms with Crippen LogP contribution in [0.1, 0.15) is 23.6 Å². The fraction of sp³-hybridized carbons (Fsp3) is 0.280. The molecule has 2 aromatic rings. The third-order valence-corrected chi connectivity index (χ3v) is 7.35. The van der Waals surface area contributed by atoms with Crippen molar-refractivity contribution in [2.24, 2.45) is 5.16 Å². The van der Waals surface area contributed by atoms with Crippen molar-refractivity contribution in [2.45, 2.75) is 30.7 Å². The molecule has 3 unspecified atom stereocenters. The molecule has 1 heterocycles. The number of oxime groups is 1. The third kappa shape index (κ3) is 7.95. The van der Waals surface area contributed by atoms with Crippen molar-refractivity contribution in [3.63, 3.8) is 0 Å². The molecule has 1 saturated heterocycles. The highest BCUT2D eigenvalue weighted by Crippen LogP contribution is 2.37. The summed E-state index contributed by atoms with van der Waals surface area (Å²) in [7, 11) is 0. The number of nitrogens with zero attached hydrogens (tertiary/aromatic N) is 2. The summed E-state index contributed by atoms with van der Waals surface area (Å²) in [6.45, 7) is -0.616. The van der Waals surface area contributed by atoms with Gasteiger partial charge in [-0.3, -0.25) is 14.4 Å². The first-order valence-corrected chi connectivity index (χ1v) is 13.7. The molecule has 0 radical (unpaired) electrons. The molecule has 3 amide bonds. The van der Waals surface area contributed by atoms with E-state index in [0.29, 0.717) is 0 Å². The van der Waals surface area contributed by atoms with Crippen molar-refractivity contribution in [2.75, 3.05) is 13.2 Å². The van der Waals surface area contributed by atoms with E-state index in [9.17, 15) is 52.6 Å². The molecule has 3 rings (SSSR count). The number of carbonyl (C=O) groups excluding carboxylic acids is 3. The summed E-state index contributed by atoms with van der Waals surface area (Å²) in [5.41, 5.74) is -0.314. The van der Waals surface area contributed by atoms with Crippen LogP contribution in [0, 0.1) is 0 Å². The van der Waals surface area contributed by atoms with Gasteiger partial charge in [0, 0.05) is 12.0 Å². The summed E-state index contributed by atoms with van der Waals surface area (Å²) in [6, 6.07) is 3.29. The lowest BCUT2D eigenvalue weighted by Gasteiger charge is -2.42. The number of hydrogen-bond acceptors (Lipinski definition) is 9. The zero-order valence-corrected chi connectivity index (χ0v) is 25.0. The molecule has 1 fully saturated rings. The zero-order valence-electron chi connectivity index (χ0n) is 21.8. The Bertz CT molecular complexity index is 1480. The normalized spacial score (nSPS) is 16.4. The maximum absolute atomic E-state index is 12.8. The number of β-lactam (4-membered cyclic amide) rings is 1. The van der Waals surface area contributed by atoms with Crippen LogP contribution < -0.4 is 15.4 Å². The quantitative estimate of drug-likeness (QED) is 0.0804. The van der Waals surface area contributed by atoms with Gasteiger partial charge in [0.2, 0.25) is 5.91 Å². The van der Waals surface area contributed by atoms with Crippen molar-refractivity contribution in [1.29, 1.82) is 0 Å². The molecule has 3 atom stereocenters. The number of aliphatic carboxylic acids is 2. The van der Waals surface area contributed by atoms with Crippen LogP contribution in [0.25, 0.3) is 0 Å². The fourth-order valence-electron chi connectivity index (χ4n) is 3.95. The summed E-state index contributed by atoms with van der Waals surface area (Å²) in [4.78, 5) is 60.7. The lowest BCUT2D eigenvalue weighted by atomic mass is 9.97. The molecule has 0 saturated carbocycles. The van der Waals surface area contributed by atoms with Crippen molar-refractivity contribution in [3.8, 4) is 11.5 Å². The molecule has 6 N–H and O–H groups in total. The highest BCUT2D eigenvalue weighted by molar-refractivity contribution is 9.11. The summed E-state index contributed by atoms with van der Waals surface area (Å²) in [5, 5.41) is 44.7. The number of carbonyl (C=O) groups is 5. The van der Waals surface area contributed by atoms with Crippen LogP contribution in [0.3, 0.4) is 0 Å². The SMILES string of the molecule is O=C(NC1CN(C(C(=O)O)c2cc(Br)c(O)c(Br)c2)C1=O)C(=NO)c1ccc(OCCC(NC(=O)C(F)(F)F)C(=O)O)cc1. The molecular formula is C25H21Br2F3N4O10. The lowest BCUT2D eigenvalue weighted by molar-refractivity contribution is -0.175. The van der Waals surface area contributed by atoms with Crippen molar-refractivity contribution in [1.82, 2.24) is 15.5 Å². The minimum absolute atomic E-state index is 0.0454. The van der Waals surface area contributed by atoms with Crippen LogP contribution in [0.4, 0.5) is 13.2 Å². The molecule has 1 aliphatic rings. The van der Waals surface area contributed by atoms with Gasteiger partial charge in [0.1, 0.15) is 23.6 Å². The number of phenols is 1. The number of hydrogen-bond donors (Lipinski definition) is 6. The number of carboxylic acids is 2. The monoisotopic (exact) mass is 752 g/mol. The van der Waals surface area contributed by atoms with Gasteiger partial charge in [-0.25, -0.2) is 9.59 Å². The van der Waals surface area contributed by atoms with Crippen molar-refractivity contribution in [3.05, 3.63) is 56.5 Å². The number of phenolic OH excluding ortho intramolecular Hbond substituents is 1. The predicted octanol–water partition coefficient (Wildman–Crippen LogP) is 2.15. The number of alkyl halides is 3. The van der Waals surface area contributed by atoms with E-state index in [1.54, 1.807) is 0 Å². The van der Waals surface area contributed by atoms with E-state index in [1.165, 1.54) is 41.7 Å². The molecular weight excluding hydrogens is 733 g/mol. The number of rotatable bonds is 12. The highest BCUT2D eigenvalue weighted by Gasteiger charge is 2.46. The van der Waals surface area contributed by atoms with Gasteiger partial charge in [-0.2, -0.15) is 13.2 Å². The summed E-state index contributed by atoms with van der Waals surface area (Å²) < 4.78 is 42.8. The topological polar surface area (TPSA) is 215 Å². The largest absolute Gasteiger partial charge is 0.506 e. The zero-order chi connectivity index (χ0) is 32.9. The minimum atomic E-state index is -5.27. The Balaban J connectivity index is 1.59. The maximum Gasteiger partial charge on any atom is 0.471 e. The van der Waals surface area contributed by atoms with Crippen LogP contribution in [-0.2, 0) is 24.0 Å². The van der Waals surface area contributed by atoms with Crippen LogP contribution in [0.15, 0.2) is 50.5 Å². The third-order valence-electron chi connectivity index (χ3n) is 6.15. The van der Waals surface area contributed by atoms with Gasteiger partial charge in [0.25, 0.3) is 5.91 Å². The van der Waals surface area contributed by atoms with E-state index in [4.69, 9.17) is 9.84 Å². The van der Waals surface area contributed by atoms with Crippen LogP contribution in [-0.4, -0.2) is 92.2 Å². The van der Waals surface area contributed by atoms with Crippen LogP contribution in [0.2, 0.25) is 0 Å². The van der Waals surface area contributed by atoms with E-state index in [-0.39, 0.29) is 38.1 Å². The summed E-state index contributed by atoms with van der Waals surface area (Å²) in [5.74, 6) is -7.28. The van der Waals surface area contributed by atoms with Crippen LogP contribution >= 0.6 is 31.9 Å². The Hall–Kier alpha value is -4.39. The Morgan fingerprint density at radius 2 is 1.66 bits per heavy atom. The molecule has 44 heavy (non-hydrogen) atoms. The van der Waals surface area contributed by atoms with Crippen molar-refractivity contribution < 1.29 is 62.4 Å². The number of ether oxygens (including phenoxy) is 1. The molecule has 236 valence electrons. The first-order chi connectivity index (χ1) is 20.5. The highest BCUT2D eigenvalue weighted by atomic mass is 79.9. The van der Waals surface area contributed by atoms with E-state index >= 15 is 0 Å². The second kappa shape index (κ2) is 13.9. The molecule has 14 nitrogen and oxygen atoms in total. The van der Waals surface area contributed by atoms with E-state index in [1.807, 2.05) is 0 Å². The average molecular weight is 754 g/mol. The standard InChI is InChI=1S/C25H21Br2F3N4O10/c26-13-7-11(8-14(27)19(13)35)18(23(40)41)34-9-16(21(34)37)31-20(36)17(33-43)10-1-3-12(4-2-10)44-6-5-15(22(38)39)32-24(42)25(28,29)30/h1-4,7-8,15-16,18,35,43H,5-6,9H2,(H,31,36)(H,32,42)(H,38,39)(H,40,41). The number of aromatic hydroxyl groups is 1. The minimum Gasteiger partial charge on any atom is -0.506 e. The van der Waals surface area contributed by atoms with Crippen LogP contribution in [0.5, 0.6) is 11.5 Å². The van der Waals surface area contributed by atoms with E-state index < -0.39 is 72.7 Å². The lowest BCUT2D eigenvalue weighted by Crippen LogP contribution is -2.66. The number of halogens is 5. The molecule has 0 spiro atoms. The Morgan fingerprint density at radius 1 is 1.07 bits per heavy atom. The number of carboxylic acid groups (broad SMARTS) is 2. The molecule has 0 aromatic heterocycles. The van der Waals surface area contributed by atoms with Gasteiger partial charge >= 0.3 is 24.0 Å². The Morgan fingerprint density at radius 3 is 2.14 bits per heavy atom. The first-order valence-electron chi connectivity index (χ1n) is 12.1. The Labute approximate surface area is 261 Å². The smallest absolute Gasteiger partial charge is 0.471 e. The molecule has 0 aliphatic carbocycles. The van der Waals surface area contributed by atoms with Crippen molar-refractivity contribution >= 4 is 67.2 Å². The Kier molecular flexibility index (Phi) is 10.8.